The fourth-order valence-corrected chi connectivity index (χ4v) is 5.76. The molecule has 0 bridgehead atoms. The molecule has 2 amide bonds. The summed E-state index contributed by atoms with van der Waals surface area (Å²) >= 11 is 0. The van der Waals surface area contributed by atoms with E-state index in [1.807, 2.05) is 6.92 Å². The number of amides is 2. The molecule has 232 valence electrons. The summed E-state index contributed by atoms with van der Waals surface area (Å²) < 4.78 is 82.8. The molecule has 0 aliphatic carbocycles. The van der Waals surface area contributed by atoms with Gasteiger partial charge in [0.15, 0.2) is 0 Å². The number of hydrogen-bond donors (Lipinski definition) is 1. The van der Waals surface area contributed by atoms with Gasteiger partial charge in [0.25, 0.3) is 10.0 Å². The lowest BCUT2D eigenvalue weighted by Crippen LogP contribution is -2.53. The molecule has 0 aliphatic heterocycles. The third kappa shape index (κ3) is 8.56. The molecular weight excluding hydrogens is 586 g/mol. The number of nitrogens with zero attached hydrogens (tertiary/aromatic N) is 2. The van der Waals surface area contributed by atoms with Crippen LogP contribution in [-0.4, -0.2) is 43.8 Å². The van der Waals surface area contributed by atoms with Gasteiger partial charge in [-0.2, -0.15) is 13.2 Å². The largest absolute Gasteiger partial charge is 0.416 e. The Kier molecular flexibility index (Phi) is 11.0. The van der Waals surface area contributed by atoms with Crippen LogP contribution in [0.4, 0.5) is 23.2 Å². The zero-order valence-corrected chi connectivity index (χ0v) is 25.2. The van der Waals surface area contributed by atoms with Gasteiger partial charge in [0.1, 0.15) is 18.4 Å². The van der Waals surface area contributed by atoms with Gasteiger partial charge in [-0.3, -0.25) is 13.9 Å². The summed E-state index contributed by atoms with van der Waals surface area (Å²) in [6, 6.07) is 13.4. The number of alkyl halides is 3. The quantitative estimate of drug-likeness (QED) is 0.249. The standard InChI is InChI=1S/C31H35F4N3O4S/c1-5-22(4)36-30(40)28(6-2)37(19-23-12-14-25(32)15-13-23)29(39)20-38(26-9-7-8-24(18-26)31(33,34)35)43(41,42)27-16-10-21(3)11-17-27/h7-18,22,28H,5-6,19-20H2,1-4H3,(H,36,40)/t22-,28+/m0/s1. The van der Waals surface area contributed by atoms with Gasteiger partial charge in [-0.1, -0.05) is 49.7 Å². The van der Waals surface area contributed by atoms with E-state index in [1.165, 1.54) is 59.5 Å². The average molecular weight is 622 g/mol. The van der Waals surface area contributed by atoms with Crippen molar-refractivity contribution in [3.8, 4) is 0 Å². The number of rotatable bonds is 12. The molecule has 3 rings (SSSR count). The van der Waals surface area contributed by atoms with Crippen molar-refractivity contribution in [1.82, 2.24) is 10.2 Å². The topological polar surface area (TPSA) is 86.8 Å². The van der Waals surface area contributed by atoms with Crippen molar-refractivity contribution in [2.75, 3.05) is 10.8 Å². The van der Waals surface area contributed by atoms with Gasteiger partial charge >= 0.3 is 6.18 Å². The van der Waals surface area contributed by atoms with E-state index in [0.717, 1.165) is 17.7 Å². The van der Waals surface area contributed by atoms with Crippen molar-refractivity contribution < 1.29 is 35.6 Å². The van der Waals surface area contributed by atoms with Crippen molar-refractivity contribution >= 4 is 27.5 Å². The molecule has 0 spiro atoms. The Hall–Kier alpha value is -3.93. The van der Waals surface area contributed by atoms with Gasteiger partial charge in [0.2, 0.25) is 11.8 Å². The first kappa shape index (κ1) is 33.6. The Morgan fingerprint density at radius 2 is 1.56 bits per heavy atom. The summed E-state index contributed by atoms with van der Waals surface area (Å²) in [6.07, 6.45) is -4.00. The van der Waals surface area contributed by atoms with Crippen molar-refractivity contribution in [2.24, 2.45) is 0 Å². The van der Waals surface area contributed by atoms with Crippen molar-refractivity contribution in [3.63, 3.8) is 0 Å². The molecule has 2 atom stereocenters. The Morgan fingerprint density at radius 1 is 0.930 bits per heavy atom. The van der Waals surface area contributed by atoms with Gasteiger partial charge in [-0.05, 0) is 74.7 Å². The predicted molar refractivity (Wildman–Crippen MR) is 156 cm³/mol. The Bertz CT molecular complexity index is 1510. The van der Waals surface area contributed by atoms with Crippen LogP contribution in [0, 0.1) is 12.7 Å². The second-order valence-corrected chi connectivity index (χ2v) is 12.1. The molecule has 0 aliphatic rings. The summed E-state index contributed by atoms with van der Waals surface area (Å²) in [5.41, 5.74) is -0.243. The second kappa shape index (κ2) is 14.0. The van der Waals surface area contributed by atoms with Crippen LogP contribution in [-0.2, 0) is 32.3 Å². The Balaban J connectivity index is 2.12. The minimum absolute atomic E-state index is 0.156. The predicted octanol–water partition coefficient (Wildman–Crippen LogP) is 6.07. The smallest absolute Gasteiger partial charge is 0.352 e. The van der Waals surface area contributed by atoms with Crippen LogP contribution < -0.4 is 9.62 Å². The van der Waals surface area contributed by atoms with E-state index in [0.29, 0.717) is 22.4 Å². The Morgan fingerprint density at radius 3 is 2.12 bits per heavy atom. The monoisotopic (exact) mass is 621 g/mol. The Labute approximate surface area is 249 Å². The highest BCUT2D eigenvalue weighted by atomic mass is 32.2. The first-order valence-electron chi connectivity index (χ1n) is 13.8. The maximum Gasteiger partial charge on any atom is 0.416 e. The van der Waals surface area contributed by atoms with E-state index in [-0.39, 0.29) is 29.6 Å². The number of nitrogens with one attached hydrogen (secondary N) is 1. The van der Waals surface area contributed by atoms with Crippen LogP contribution in [0.1, 0.15) is 50.3 Å². The highest BCUT2D eigenvalue weighted by molar-refractivity contribution is 7.92. The normalized spacial score (nSPS) is 13.2. The molecule has 0 fully saturated rings. The van der Waals surface area contributed by atoms with Crippen molar-refractivity contribution in [2.45, 2.75) is 70.2 Å². The second-order valence-electron chi connectivity index (χ2n) is 10.3. The fourth-order valence-electron chi connectivity index (χ4n) is 4.35. The maximum atomic E-state index is 14.0. The molecule has 0 saturated carbocycles. The average Bonchev–Trinajstić information content (AvgIpc) is 2.96. The van der Waals surface area contributed by atoms with Crippen LogP contribution in [0.3, 0.4) is 0 Å². The molecule has 43 heavy (non-hydrogen) atoms. The van der Waals surface area contributed by atoms with Crippen LogP contribution in [0.2, 0.25) is 0 Å². The summed E-state index contributed by atoms with van der Waals surface area (Å²) in [6.45, 7) is 6.02. The molecule has 0 radical (unpaired) electrons. The summed E-state index contributed by atoms with van der Waals surface area (Å²) in [5.74, 6) is -1.81. The molecule has 3 aromatic carbocycles. The number of carbonyl (C=O) groups is 2. The van der Waals surface area contributed by atoms with E-state index in [2.05, 4.69) is 5.32 Å². The molecule has 0 unspecified atom stereocenters. The molecule has 12 heteroatoms. The van der Waals surface area contributed by atoms with Crippen LogP contribution in [0.15, 0.2) is 77.7 Å². The van der Waals surface area contributed by atoms with Gasteiger partial charge < -0.3 is 10.2 Å². The van der Waals surface area contributed by atoms with E-state index in [9.17, 15) is 35.6 Å². The third-order valence-electron chi connectivity index (χ3n) is 7.00. The highest BCUT2D eigenvalue weighted by Gasteiger charge is 2.36. The number of anilines is 1. The SMILES string of the molecule is CC[C@H](C(=O)N[C@@H](C)CC)N(Cc1ccc(F)cc1)C(=O)CN(c1cccc(C(F)(F)F)c1)S(=O)(=O)c1ccc(C)cc1. The zero-order chi connectivity index (χ0) is 31.9. The lowest BCUT2D eigenvalue weighted by atomic mass is 10.1. The number of benzene rings is 3. The number of aryl methyl sites for hydroxylation is 1. The minimum atomic E-state index is -4.77. The van der Waals surface area contributed by atoms with Crippen molar-refractivity contribution in [1.29, 1.82) is 0 Å². The summed E-state index contributed by atoms with van der Waals surface area (Å²) in [5, 5.41) is 2.83. The van der Waals surface area contributed by atoms with E-state index < -0.39 is 52.0 Å². The molecule has 1 N–H and O–H groups in total. The van der Waals surface area contributed by atoms with E-state index in [1.54, 1.807) is 20.8 Å². The molecule has 0 saturated heterocycles. The minimum Gasteiger partial charge on any atom is -0.352 e. The van der Waals surface area contributed by atoms with Crippen LogP contribution in [0.5, 0.6) is 0 Å². The number of halogens is 4. The van der Waals surface area contributed by atoms with Crippen LogP contribution in [0.25, 0.3) is 0 Å². The number of carbonyl (C=O) groups excluding carboxylic acids is 2. The van der Waals surface area contributed by atoms with Gasteiger partial charge in [0, 0.05) is 12.6 Å². The van der Waals surface area contributed by atoms with Gasteiger partial charge in [0.05, 0.1) is 16.1 Å². The van der Waals surface area contributed by atoms with Crippen LogP contribution >= 0.6 is 0 Å². The first-order chi connectivity index (χ1) is 20.2. The molecule has 3 aromatic rings. The van der Waals surface area contributed by atoms with Gasteiger partial charge in [-0.25, -0.2) is 12.8 Å². The third-order valence-corrected chi connectivity index (χ3v) is 8.79. The molecule has 0 heterocycles. The zero-order valence-electron chi connectivity index (χ0n) is 24.4. The highest BCUT2D eigenvalue weighted by Crippen LogP contribution is 2.33. The fraction of sp³-hybridized carbons (Fsp3) is 0.355. The lowest BCUT2D eigenvalue weighted by Gasteiger charge is -2.34. The maximum absolute atomic E-state index is 14.0. The number of hydrogen-bond acceptors (Lipinski definition) is 4. The molecule has 0 aromatic heterocycles. The molecule has 7 nitrogen and oxygen atoms in total. The summed E-state index contributed by atoms with van der Waals surface area (Å²) in [7, 11) is -4.55. The van der Waals surface area contributed by atoms with Crippen molar-refractivity contribution in [3.05, 3.63) is 95.3 Å². The first-order valence-corrected chi connectivity index (χ1v) is 15.2. The number of sulfonamides is 1. The van der Waals surface area contributed by atoms with Gasteiger partial charge in [-0.15, -0.1) is 0 Å². The molecular formula is C31H35F4N3O4S. The van der Waals surface area contributed by atoms with E-state index in [4.69, 9.17) is 0 Å². The summed E-state index contributed by atoms with van der Waals surface area (Å²) in [4.78, 5) is 28.2. The lowest BCUT2D eigenvalue weighted by molar-refractivity contribution is -0.140. The van der Waals surface area contributed by atoms with E-state index >= 15 is 0 Å².